The van der Waals surface area contributed by atoms with Gasteiger partial charge in [-0.25, -0.2) is 0 Å². The number of carbonyl (C=O) groups excluding carboxylic acids is 2. The molecule has 1 fully saturated rings. The normalized spacial score (nSPS) is 16.7. The van der Waals surface area contributed by atoms with Gasteiger partial charge in [0.25, 0.3) is 0 Å². The summed E-state index contributed by atoms with van der Waals surface area (Å²) in [6.45, 7) is 7.25. The SMILES string of the molecule is CC(=O)OCN(CC(=O)OC(C)(C)C)C1CCCC1. The van der Waals surface area contributed by atoms with E-state index >= 15 is 0 Å². The lowest BCUT2D eigenvalue weighted by Gasteiger charge is -2.28. The minimum absolute atomic E-state index is 0.166. The van der Waals surface area contributed by atoms with E-state index in [1.807, 2.05) is 25.7 Å². The van der Waals surface area contributed by atoms with Crippen LogP contribution in [0.4, 0.5) is 0 Å². The van der Waals surface area contributed by atoms with Crippen molar-refractivity contribution in [3.8, 4) is 0 Å². The molecule has 0 heterocycles. The smallest absolute Gasteiger partial charge is 0.320 e. The molecule has 5 nitrogen and oxygen atoms in total. The molecule has 1 rings (SSSR count). The molecule has 0 amide bonds. The van der Waals surface area contributed by atoms with Crippen LogP contribution in [-0.4, -0.2) is 41.8 Å². The lowest BCUT2D eigenvalue weighted by Crippen LogP contribution is -2.41. The zero-order valence-electron chi connectivity index (χ0n) is 12.4. The van der Waals surface area contributed by atoms with Gasteiger partial charge in [0.1, 0.15) is 12.3 Å². The highest BCUT2D eigenvalue weighted by Crippen LogP contribution is 2.23. The van der Waals surface area contributed by atoms with E-state index < -0.39 is 5.60 Å². The van der Waals surface area contributed by atoms with E-state index in [-0.39, 0.29) is 25.2 Å². The highest BCUT2D eigenvalue weighted by Gasteiger charge is 2.27. The number of ether oxygens (including phenoxy) is 2. The fourth-order valence-electron chi connectivity index (χ4n) is 2.26. The molecule has 0 aromatic carbocycles. The lowest BCUT2D eigenvalue weighted by molar-refractivity contribution is -0.161. The van der Waals surface area contributed by atoms with E-state index in [9.17, 15) is 9.59 Å². The maximum Gasteiger partial charge on any atom is 0.320 e. The second-order valence-corrected chi connectivity index (χ2v) is 6.04. The van der Waals surface area contributed by atoms with Crippen LogP contribution in [0.25, 0.3) is 0 Å². The summed E-state index contributed by atoms with van der Waals surface area (Å²) in [7, 11) is 0. The van der Waals surface area contributed by atoms with E-state index in [1.165, 1.54) is 6.92 Å². The van der Waals surface area contributed by atoms with E-state index in [1.54, 1.807) is 0 Å². The first kappa shape index (κ1) is 16.0. The maximum atomic E-state index is 11.9. The van der Waals surface area contributed by atoms with Crippen LogP contribution in [0, 0.1) is 0 Å². The summed E-state index contributed by atoms with van der Waals surface area (Å²) in [5, 5.41) is 0. The predicted molar refractivity (Wildman–Crippen MR) is 71.4 cm³/mol. The molecule has 5 heteroatoms. The Kier molecular flexibility index (Phi) is 5.79. The van der Waals surface area contributed by atoms with E-state index in [4.69, 9.17) is 9.47 Å². The molecule has 0 atom stereocenters. The summed E-state index contributed by atoms with van der Waals surface area (Å²) in [4.78, 5) is 24.7. The molecular weight excluding hydrogens is 246 g/mol. The second kappa shape index (κ2) is 6.89. The average Bonchev–Trinajstić information content (AvgIpc) is 2.74. The molecule has 0 bridgehead atoms. The topological polar surface area (TPSA) is 55.8 Å². The molecule has 0 N–H and O–H groups in total. The third-order valence-electron chi connectivity index (χ3n) is 3.03. The van der Waals surface area contributed by atoms with Crippen LogP contribution >= 0.6 is 0 Å². The van der Waals surface area contributed by atoms with Crippen LogP contribution in [0.1, 0.15) is 53.4 Å². The van der Waals surface area contributed by atoms with Gasteiger partial charge in [0.2, 0.25) is 0 Å². The van der Waals surface area contributed by atoms with Crippen LogP contribution in [0.2, 0.25) is 0 Å². The molecule has 0 unspecified atom stereocenters. The summed E-state index contributed by atoms with van der Waals surface area (Å²) >= 11 is 0. The minimum Gasteiger partial charge on any atom is -0.459 e. The van der Waals surface area contributed by atoms with Crippen molar-refractivity contribution < 1.29 is 19.1 Å². The Morgan fingerprint density at radius 2 is 1.79 bits per heavy atom. The highest BCUT2D eigenvalue weighted by molar-refractivity contribution is 5.72. The Hall–Kier alpha value is -1.10. The van der Waals surface area contributed by atoms with Gasteiger partial charge < -0.3 is 9.47 Å². The number of carbonyl (C=O) groups is 2. The summed E-state index contributed by atoms with van der Waals surface area (Å²) in [5.41, 5.74) is -0.486. The largest absolute Gasteiger partial charge is 0.459 e. The van der Waals surface area contributed by atoms with Gasteiger partial charge in [-0.1, -0.05) is 12.8 Å². The van der Waals surface area contributed by atoms with E-state index in [0.29, 0.717) is 6.04 Å². The van der Waals surface area contributed by atoms with Crippen LogP contribution in [0.5, 0.6) is 0 Å². The van der Waals surface area contributed by atoms with Crippen molar-refractivity contribution in [3.05, 3.63) is 0 Å². The molecule has 1 aliphatic carbocycles. The molecule has 0 radical (unpaired) electrons. The van der Waals surface area contributed by atoms with Crippen LogP contribution in [-0.2, 0) is 19.1 Å². The van der Waals surface area contributed by atoms with Crippen molar-refractivity contribution in [2.75, 3.05) is 13.3 Å². The summed E-state index contributed by atoms with van der Waals surface area (Å²) in [6.07, 6.45) is 4.42. The molecular formula is C14H25NO4. The van der Waals surface area contributed by atoms with Crippen molar-refractivity contribution in [3.63, 3.8) is 0 Å². The van der Waals surface area contributed by atoms with Gasteiger partial charge in [-0.15, -0.1) is 0 Å². The first-order valence-corrected chi connectivity index (χ1v) is 6.87. The van der Waals surface area contributed by atoms with Crippen LogP contribution in [0.3, 0.4) is 0 Å². The first-order valence-electron chi connectivity index (χ1n) is 6.87. The van der Waals surface area contributed by atoms with Crippen molar-refractivity contribution in [2.24, 2.45) is 0 Å². The molecule has 0 aliphatic heterocycles. The Bertz CT molecular complexity index is 316. The van der Waals surface area contributed by atoms with Gasteiger partial charge in [0, 0.05) is 13.0 Å². The lowest BCUT2D eigenvalue weighted by atomic mass is 10.2. The molecule has 0 aromatic rings. The number of hydrogen-bond acceptors (Lipinski definition) is 5. The zero-order chi connectivity index (χ0) is 14.5. The summed E-state index contributed by atoms with van der Waals surface area (Å²) in [5.74, 6) is -0.598. The van der Waals surface area contributed by atoms with Crippen molar-refractivity contribution in [1.82, 2.24) is 4.90 Å². The average molecular weight is 271 g/mol. The van der Waals surface area contributed by atoms with Gasteiger partial charge in [-0.3, -0.25) is 14.5 Å². The van der Waals surface area contributed by atoms with Crippen LogP contribution < -0.4 is 0 Å². The van der Waals surface area contributed by atoms with E-state index in [2.05, 4.69) is 0 Å². The van der Waals surface area contributed by atoms with Crippen molar-refractivity contribution in [1.29, 1.82) is 0 Å². The molecule has 0 saturated heterocycles. The Morgan fingerprint density at radius 3 is 2.26 bits per heavy atom. The molecule has 1 aliphatic rings. The predicted octanol–water partition coefficient (Wildman–Crippen LogP) is 2.09. The molecule has 0 aromatic heterocycles. The fraction of sp³-hybridized carbons (Fsp3) is 0.857. The first-order chi connectivity index (χ1) is 8.78. The van der Waals surface area contributed by atoms with Gasteiger partial charge in [0.15, 0.2) is 0 Å². The summed E-state index contributed by atoms with van der Waals surface area (Å²) in [6, 6.07) is 0.312. The molecule has 110 valence electrons. The standard InChI is InChI=1S/C14H25NO4/c1-11(16)18-10-15(12-7-5-6-8-12)9-13(17)19-14(2,3)4/h12H,5-10H2,1-4H3. The molecule has 19 heavy (non-hydrogen) atoms. The van der Waals surface area contributed by atoms with Gasteiger partial charge in [-0.05, 0) is 33.6 Å². The van der Waals surface area contributed by atoms with Crippen LogP contribution in [0.15, 0.2) is 0 Å². The number of rotatable bonds is 5. The van der Waals surface area contributed by atoms with Crippen molar-refractivity contribution >= 4 is 11.9 Å². The summed E-state index contributed by atoms with van der Waals surface area (Å²) < 4.78 is 10.3. The Morgan fingerprint density at radius 1 is 1.21 bits per heavy atom. The number of nitrogens with zero attached hydrogens (tertiary/aromatic N) is 1. The third-order valence-corrected chi connectivity index (χ3v) is 3.03. The molecule has 0 spiro atoms. The van der Waals surface area contributed by atoms with E-state index in [0.717, 1.165) is 25.7 Å². The maximum absolute atomic E-state index is 11.9. The Labute approximate surface area is 115 Å². The van der Waals surface area contributed by atoms with Gasteiger partial charge in [-0.2, -0.15) is 0 Å². The Balaban J connectivity index is 2.52. The monoisotopic (exact) mass is 271 g/mol. The fourth-order valence-corrected chi connectivity index (χ4v) is 2.26. The number of esters is 2. The van der Waals surface area contributed by atoms with Gasteiger partial charge in [0.05, 0.1) is 6.54 Å². The molecule has 1 saturated carbocycles. The number of hydrogen-bond donors (Lipinski definition) is 0. The minimum atomic E-state index is -0.486. The third kappa shape index (κ3) is 6.57. The zero-order valence-corrected chi connectivity index (χ0v) is 12.4. The second-order valence-electron chi connectivity index (χ2n) is 6.04. The van der Waals surface area contributed by atoms with Crippen molar-refractivity contribution in [2.45, 2.75) is 65.0 Å². The quantitative estimate of drug-likeness (QED) is 0.566. The van der Waals surface area contributed by atoms with Gasteiger partial charge >= 0.3 is 11.9 Å². The highest BCUT2D eigenvalue weighted by atomic mass is 16.6.